The number of fused-ring (bicyclic) bond motifs is 1. The Morgan fingerprint density at radius 2 is 1.91 bits per heavy atom. The fourth-order valence-electron chi connectivity index (χ4n) is 3.69. The Hall–Kier alpha value is -1.94. The molecule has 0 unspecified atom stereocenters. The predicted octanol–water partition coefficient (Wildman–Crippen LogP) is 0.787. The summed E-state index contributed by atoms with van der Waals surface area (Å²) < 4.78 is 14.2. The van der Waals surface area contributed by atoms with Gasteiger partial charge in [-0.15, -0.1) is 0 Å². The number of hydrogen-bond donors (Lipinski definition) is 0. The summed E-state index contributed by atoms with van der Waals surface area (Å²) in [6, 6.07) is 7.12. The van der Waals surface area contributed by atoms with Crippen molar-refractivity contribution in [1.29, 1.82) is 0 Å². The number of aryl methyl sites for hydroxylation is 3. The van der Waals surface area contributed by atoms with E-state index in [1.165, 1.54) is 0 Å². The van der Waals surface area contributed by atoms with Crippen LogP contribution in [-0.2, 0) is 36.0 Å². The van der Waals surface area contributed by atoms with Gasteiger partial charge in [0.15, 0.2) is 5.52 Å². The molecule has 0 aliphatic carbocycles. The minimum absolute atomic E-state index is 0. The second kappa shape index (κ2) is 12.5. The van der Waals surface area contributed by atoms with Gasteiger partial charge in [0.05, 0.1) is 18.2 Å². The molecule has 0 fully saturated rings. The molecule has 172 valence electrons. The number of aliphatic carboxylic acids is 1. The van der Waals surface area contributed by atoms with Gasteiger partial charge < -0.3 is 19.4 Å². The minimum atomic E-state index is -1.23. The van der Waals surface area contributed by atoms with Crippen LogP contribution < -0.4 is 15.4 Å². The second-order valence-electron chi connectivity index (χ2n) is 7.59. The topological polar surface area (TPSA) is 111 Å². The summed E-state index contributed by atoms with van der Waals surface area (Å²) in [5, 5.41) is 15.6. The zero-order valence-corrected chi connectivity index (χ0v) is 21.9. The molecular weight excluding hydrogens is 452 g/mol. The molecule has 0 spiro atoms. The molecule has 0 aliphatic rings. The van der Waals surface area contributed by atoms with Crippen LogP contribution in [0.1, 0.15) is 37.4 Å². The van der Waals surface area contributed by atoms with Gasteiger partial charge in [-0.05, 0) is 38.0 Å². The van der Waals surface area contributed by atoms with E-state index < -0.39 is 12.1 Å². The number of hydrogen-bond acceptors (Lipinski definition) is 7. The molecule has 3 rings (SSSR count). The van der Waals surface area contributed by atoms with Crippen molar-refractivity contribution < 1.29 is 19.4 Å². The van der Waals surface area contributed by atoms with Crippen LogP contribution in [0, 0.1) is 6.92 Å². The summed E-state index contributed by atoms with van der Waals surface area (Å²) in [7, 11) is 1.76. The number of carboxylic acid groups (broad SMARTS) is 1. The van der Waals surface area contributed by atoms with E-state index in [1.54, 1.807) is 47.5 Å². The quantitative estimate of drug-likeness (QED) is 0.372. The van der Waals surface area contributed by atoms with E-state index in [2.05, 4.69) is 17.0 Å². The van der Waals surface area contributed by atoms with Crippen molar-refractivity contribution in [3.05, 3.63) is 51.7 Å². The van der Waals surface area contributed by atoms with Crippen molar-refractivity contribution in [1.82, 2.24) is 19.3 Å². The van der Waals surface area contributed by atoms with Gasteiger partial charge in [0.25, 0.3) is 5.56 Å². The molecule has 3 aromatic rings. The van der Waals surface area contributed by atoms with Crippen LogP contribution in [0.4, 0.5) is 0 Å². The summed E-state index contributed by atoms with van der Waals surface area (Å²) in [4.78, 5) is 28.8. The number of aromatic nitrogens is 4. The Morgan fingerprint density at radius 1 is 1.21 bits per heavy atom. The average Bonchev–Trinajstić information content (AvgIpc) is 3.06. The van der Waals surface area contributed by atoms with E-state index in [1.807, 2.05) is 6.92 Å². The van der Waals surface area contributed by atoms with Gasteiger partial charge in [0, 0.05) is 20.1 Å². The number of benzene rings is 1. The molecule has 0 radical (unpaired) electrons. The van der Waals surface area contributed by atoms with Gasteiger partial charge in [-0.1, -0.05) is 25.5 Å². The van der Waals surface area contributed by atoms with E-state index >= 15 is 0 Å². The molecule has 2 aromatic heterocycles. The van der Waals surface area contributed by atoms with Crippen molar-refractivity contribution in [2.75, 3.05) is 13.2 Å². The molecule has 0 bridgehead atoms. The maximum Gasteiger partial charge on any atom is 2.00 e. The number of carboxylic acids is 1. The standard InChI is InChI=1S/C23H30N4O5.Ca/c1-5-7-18-20-21(26(4)25-18)22(28)27(15(3)24-20)12-13-32-17-10-8-16(9-11-17)14-19(23(29)30)31-6-2;/h8-11,19H,5-7,12-14H2,1-4H3,(H,29,30);/q;+2/p-1/t19-;/m0./s1. The molecule has 9 nitrogen and oxygen atoms in total. The van der Waals surface area contributed by atoms with E-state index in [0.717, 1.165) is 24.1 Å². The van der Waals surface area contributed by atoms with E-state index in [4.69, 9.17) is 9.47 Å². The van der Waals surface area contributed by atoms with Gasteiger partial charge in [-0.25, -0.2) is 4.98 Å². The predicted molar refractivity (Wildman–Crippen MR) is 123 cm³/mol. The SMILES string of the molecule is CCCc1nn(C)c2c(=O)n(CCOc3ccc(C[C@H](OCC)C(=O)[O-])cc3)c(C)nc12.[Ca+2]. The number of nitrogens with zero attached hydrogens (tertiary/aromatic N) is 4. The van der Waals surface area contributed by atoms with Crippen LogP contribution >= 0.6 is 0 Å². The summed E-state index contributed by atoms with van der Waals surface area (Å²) in [5.41, 5.74) is 2.69. The zero-order chi connectivity index (χ0) is 23.3. The second-order valence-corrected chi connectivity index (χ2v) is 7.59. The monoisotopic (exact) mass is 481 g/mol. The van der Waals surface area contributed by atoms with E-state index in [0.29, 0.717) is 35.8 Å². The summed E-state index contributed by atoms with van der Waals surface area (Å²) in [6.45, 7) is 6.56. The number of carbonyl (C=O) groups is 1. The van der Waals surface area contributed by atoms with Crippen molar-refractivity contribution in [2.45, 2.75) is 52.7 Å². The molecular formula is C23H29CaN4O5+. The molecule has 10 heteroatoms. The molecule has 0 aliphatic heterocycles. The van der Waals surface area contributed by atoms with E-state index in [9.17, 15) is 14.7 Å². The Morgan fingerprint density at radius 3 is 2.52 bits per heavy atom. The third-order valence-electron chi connectivity index (χ3n) is 5.25. The fraction of sp³-hybridized carbons (Fsp3) is 0.478. The Labute approximate surface area is 222 Å². The smallest absolute Gasteiger partial charge is 0.547 e. The Bertz CT molecular complexity index is 1140. The third kappa shape index (κ3) is 6.56. The molecule has 0 amide bonds. The van der Waals surface area contributed by atoms with Gasteiger partial charge in [0.1, 0.15) is 29.8 Å². The van der Waals surface area contributed by atoms with E-state index in [-0.39, 0.29) is 56.3 Å². The van der Waals surface area contributed by atoms with Crippen molar-refractivity contribution in [2.24, 2.45) is 7.05 Å². The summed E-state index contributed by atoms with van der Waals surface area (Å²) >= 11 is 0. The molecule has 1 atom stereocenters. The first-order valence-electron chi connectivity index (χ1n) is 10.8. The fourth-order valence-corrected chi connectivity index (χ4v) is 3.69. The first kappa shape index (κ1) is 27.3. The van der Waals surface area contributed by atoms with Crippen molar-refractivity contribution in [3.8, 4) is 5.75 Å². The number of rotatable bonds is 11. The van der Waals surface area contributed by atoms with Crippen LogP contribution in [0.5, 0.6) is 5.75 Å². The zero-order valence-electron chi connectivity index (χ0n) is 19.7. The first-order chi connectivity index (χ1) is 15.3. The first-order valence-corrected chi connectivity index (χ1v) is 10.8. The van der Waals surface area contributed by atoms with Crippen LogP contribution in [0.3, 0.4) is 0 Å². The Balaban J connectivity index is 0.00000385. The maximum absolute atomic E-state index is 13.0. The van der Waals surface area contributed by atoms with Crippen LogP contribution in [0.2, 0.25) is 0 Å². The van der Waals surface area contributed by atoms with Crippen LogP contribution in [0.25, 0.3) is 11.0 Å². The van der Waals surface area contributed by atoms with Crippen molar-refractivity contribution >= 4 is 54.7 Å². The van der Waals surface area contributed by atoms with Crippen LogP contribution in [-0.4, -0.2) is 82.4 Å². The summed E-state index contributed by atoms with van der Waals surface area (Å²) in [5.74, 6) is 0.0190. The van der Waals surface area contributed by atoms with Gasteiger partial charge in [-0.2, -0.15) is 5.10 Å². The largest absolute Gasteiger partial charge is 2.00 e. The molecule has 2 heterocycles. The maximum atomic E-state index is 13.0. The van der Waals surface area contributed by atoms with Crippen LogP contribution in [0.15, 0.2) is 29.1 Å². The van der Waals surface area contributed by atoms with Gasteiger partial charge in [0.2, 0.25) is 0 Å². The minimum Gasteiger partial charge on any atom is -0.547 e. The third-order valence-corrected chi connectivity index (χ3v) is 5.25. The normalized spacial score (nSPS) is 11.9. The van der Waals surface area contributed by atoms with Crippen molar-refractivity contribution in [3.63, 3.8) is 0 Å². The Kier molecular flexibility index (Phi) is 10.3. The molecule has 33 heavy (non-hydrogen) atoms. The van der Waals surface area contributed by atoms with Gasteiger partial charge >= 0.3 is 37.7 Å². The summed E-state index contributed by atoms with van der Waals surface area (Å²) in [6.07, 6.45) is 0.957. The van der Waals surface area contributed by atoms with Gasteiger partial charge in [-0.3, -0.25) is 14.0 Å². The number of carbonyl (C=O) groups excluding carboxylic acids is 1. The average molecular weight is 482 g/mol. The molecule has 0 saturated carbocycles. The molecule has 1 aromatic carbocycles. The molecule has 0 N–H and O–H groups in total. The molecule has 0 saturated heterocycles. The number of ether oxygens (including phenoxy) is 2.